The van der Waals surface area contributed by atoms with Gasteiger partial charge in [0, 0.05) is 18.7 Å². The molecule has 21 heavy (non-hydrogen) atoms. The molecule has 0 fully saturated rings. The Morgan fingerprint density at radius 3 is 2.43 bits per heavy atom. The van der Waals surface area contributed by atoms with Crippen LogP contribution in [0, 0.1) is 6.92 Å². The van der Waals surface area contributed by atoms with Crippen molar-refractivity contribution < 1.29 is 4.79 Å². The molecule has 4 nitrogen and oxygen atoms in total. The fourth-order valence-corrected chi connectivity index (χ4v) is 1.86. The van der Waals surface area contributed by atoms with Gasteiger partial charge in [0.25, 0.3) is 5.91 Å². The van der Waals surface area contributed by atoms with Crippen LogP contribution in [0.2, 0.25) is 0 Å². The van der Waals surface area contributed by atoms with Gasteiger partial charge in [0.05, 0.1) is 5.69 Å². The quantitative estimate of drug-likeness (QED) is 0.827. The lowest BCUT2D eigenvalue weighted by Crippen LogP contribution is -2.29. The summed E-state index contributed by atoms with van der Waals surface area (Å²) < 4.78 is 0. The lowest BCUT2D eigenvalue weighted by Gasteiger charge is -2.07. The highest BCUT2D eigenvalue weighted by Gasteiger charge is 2.03. The van der Waals surface area contributed by atoms with Crippen LogP contribution < -0.4 is 16.1 Å². The summed E-state index contributed by atoms with van der Waals surface area (Å²) in [5.74, 6) is -0.113. The van der Waals surface area contributed by atoms with Gasteiger partial charge in [-0.2, -0.15) is 0 Å². The summed E-state index contributed by atoms with van der Waals surface area (Å²) in [7, 11) is 0. The average Bonchev–Trinajstić information content (AvgIpc) is 2.69. The van der Waals surface area contributed by atoms with Crippen LogP contribution in [0.5, 0.6) is 0 Å². The van der Waals surface area contributed by atoms with Gasteiger partial charge in [-0.3, -0.25) is 9.59 Å². The van der Waals surface area contributed by atoms with Crippen molar-refractivity contribution in [2.45, 2.75) is 6.92 Å². The molecule has 2 N–H and O–H groups in total. The minimum atomic E-state index is -0.113. The zero-order chi connectivity index (χ0) is 15.1. The summed E-state index contributed by atoms with van der Waals surface area (Å²) in [6.45, 7) is 2.92. The van der Waals surface area contributed by atoms with Crippen LogP contribution in [0.15, 0.2) is 59.4 Å². The van der Waals surface area contributed by atoms with Crippen LogP contribution in [-0.2, 0) is 0 Å². The topological polar surface area (TPSA) is 58.2 Å². The fraction of sp³-hybridized carbons (Fsp3) is 0.176. The smallest absolute Gasteiger partial charge is 0.251 e. The van der Waals surface area contributed by atoms with Gasteiger partial charge in [0.15, 0.2) is 0 Å². The first-order valence-electron chi connectivity index (χ1n) is 6.85. The van der Waals surface area contributed by atoms with Crippen molar-refractivity contribution in [1.82, 2.24) is 5.32 Å². The minimum Gasteiger partial charge on any atom is -0.380 e. The minimum absolute atomic E-state index is 0.0649. The second-order valence-corrected chi connectivity index (χ2v) is 4.74. The molecule has 0 aliphatic carbocycles. The molecule has 2 rings (SSSR count). The Bertz CT molecular complexity index is 666. The largest absolute Gasteiger partial charge is 0.380 e. The average molecular weight is 282 g/mol. The number of carbonyl (C=O) groups is 1. The molecule has 2 aromatic carbocycles. The van der Waals surface area contributed by atoms with E-state index in [2.05, 4.69) is 10.6 Å². The van der Waals surface area contributed by atoms with Crippen LogP contribution in [0.3, 0.4) is 0 Å². The van der Waals surface area contributed by atoms with Crippen LogP contribution in [0.25, 0.3) is 0 Å². The SMILES string of the molecule is Cc1ccc(C(=O)NCCNc2cccccc2=O)cc1. The van der Waals surface area contributed by atoms with Crippen molar-refractivity contribution in [3.63, 3.8) is 0 Å². The molecule has 0 saturated heterocycles. The number of nitrogens with one attached hydrogen (secondary N) is 2. The van der Waals surface area contributed by atoms with Crippen molar-refractivity contribution >= 4 is 11.6 Å². The molecule has 0 aliphatic rings. The van der Waals surface area contributed by atoms with Gasteiger partial charge in [-0.1, -0.05) is 35.9 Å². The third-order valence-electron chi connectivity index (χ3n) is 3.04. The number of hydrogen-bond acceptors (Lipinski definition) is 3. The number of rotatable bonds is 5. The van der Waals surface area contributed by atoms with Crippen LogP contribution in [-0.4, -0.2) is 19.0 Å². The van der Waals surface area contributed by atoms with Gasteiger partial charge in [-0.05, 0) is 31.2 Å². The van der Waals surface area contributed by atoms with Gasteiger partial charge in [-0.15, -0.1) is 0 Å². The first-order chi connectivity index (χ1) is 10.2. The molecule has 0 radical (unpaired) electrons. The highest BCUT2D eigenvalue weighted by atomic mass is 16.1. The summed E-state index contributed by atoms with van der Waals surface area (Å²) in [5.41, 5.74) is 2.22. The number of benzene rings is 1. The van der Waals surface area contributed by atoms with E-state index in [4.69, 9.17) is 0 Å². The lowest BCUT2D eigenvalue weighted by molar-refractivity contribution is 0.0955. The highest BCUT2D eigenvalue weighted by molar-refractivity contribution is 5.94. The molecule has 4 heteroatoms. The maximum atomic E-state index is 11.9. The molecule has 108 valence electrons. The Morgan fingerprint density at radius 1 is 0.952 bits per heavy atom. The van der Waals surface area contributed by atoms with Crippen molar-refractivity contribution in [3.8, 4) is 0 Å². The maximum Gasteiger partial charge on any atom is 0.251 e. The molecule has 0 atom stereocenters. The summed E-state index contributed by atoms with van der Waals surface area (Å²) in [4.78, 5) is 23.5. The summed E-state index contributed by atoms with van der Waals surface area (Å²) in [6, 6.07) is 15.9. The molecule has 0 unspecified atom stereocenters. The number of anilines is 1. The first kappa shape index (κ1) is 14.8. The van der Waals surface area contributed by atoms with E-state index in [9.17, 15) is 9.59 Å². The third kappa shape index (κ3) is 4.45. The van der Waals surface area contributed by atoms with Gasteiger partial charge in [-0.25, -0.2) is 0 Å². The van der Waals surface area contributed by atoms with E-state index in [0.717, 1.165) is 5.56 Å². The molecule has 0 aliphatic heterocycles. The van der Waals surface area contributed by atoms with Gasteiger partial charge in [0.1, 0.15) is 0 Å². The number of aryl methyl sites for hydroxylation is 1. The molecular weight excluding hydrogens is 264 g/mol. The van der Waals surface area contributed by atoms with E-state index in [1.54, 1.807) is 36.4 Å². The van der Waals surface area contributed by atoms with Crippen LogP contribution in [0.4, 0.5) is 5.69 Å². The van der Waals surface area contributed by atoms with Crippen LogP contribution >= 0.6 is 0 Å². The van der Waals surface area contributed by atoms with E-state index < -0.39 is 0 Å². The second-order valence-electron chi connectivity index (χ2n) is 4.74. The van der Waals surface area contributed by atoms with Crippen molar-refractivity contribution in [2.75, 3.05) is 18.4 Å². The standard InChI is InChI=1S/C17H18N2O2/c1-13-7-9-14(10-8-13)17(21)19-12-11-18-15-5-3-2-4-6-16(15)20/h2-10H,11-12H2,1H3,(H,18,20)(H,19,21). The number of carbonyl (C=O) groups excluding carboxylic acids is 1. The lowest BCUT2D eigenvalue weighted by atomic mass is 10.1. The Hall–Kier alpha value is -2.62. The van der Waals surface area contributed by atoms with Crippen molar-refractivity contribution in [2.24, 2.45) is 0 Å². The number of amides is 1. The number of hydrogen-bond donors (Lipinski definition) is 2. The summed E-state index contributed by atoms with van der Waals surface area (Å²) in [6.07, 6.45) is 0. The second kappa shape index (κ2) is 7.24. The molecule has 0 bridgehead atoms. The van der Waals surface area contributed by atoms with Crippen LogP contribution in [0.1, 0.15) is 15.9 Å². The monoisotopic (exact) mass is 282 g/mol. The summed E-state index contributed by atoms with van der Waals surface area (Å²) >= 11 is 0. The normalized spacial score (nSPS) is 9.95. The zero-order valence-corrected chi connectivity index (χ0v) is 11.9. The third-order valence-corrected chi connectivity index (χ3v) is 3.04. The van der Waals surface area contributed by atoms with Gasteiger partial charge in [0.2, 0.25) is 5.43 Å². The van der Waals surface area contributed by atoms with Crippen molar-refractivity contribution in [1.29, 1.82) is 0 Å². The van der Waals surface area contributed by atoms with E-state index in [1.165, 1.54) is 6.07 Å². The van der Waals surface area contributed by atoms with Gasteiger partial charge < -0.3 is 10.6 Å². The van der Waals surface area contributed by atoms with E-state index in [1.807, 2.05) is 19.1 Å². The van der Waals surface area contributed by atoms with E-state index in [-0.39, 0.29) is 11.3 Å². The Labute approximate surface area is 123 Å². The molecule has 0 spiro atoms. The molecular formula is C17H18N2O2. The predicted molar refractivity (Wildman–Crippen MR) is 84.7 cm³/mol. The molecule has 2 aromatic rings. The molecule has 0 aromatic heterocycles. The predicted octanol–water partition coefficient (Wildman–Crippen LogP) is 2.20. The van der Waals surface area contributed by atoms with E-state index in [0.29, 0.717) is 24.3 Å². The Morgan fingerprint density at radius 2 is 1.67 bits per heavy atom. The summed E-state index contributed by atoms with van der Waals surface area (Å²) in [5, 5.41) is 5.83. The highest BCUT2D eigenvalue weighted by Crippen LogP contribution is 2.02. The molecule has 0 heterocycles. The Balaban J connectivity index is 1.82. The molecule has 1 amide bonds. The zero-order valence-electron chi connectivity index (χ0n) is 11.9. The van der Waals surface area contributed by atoms with Crippen molar-refractivity contribution in [3.05, 3.63) is 75.9 Å². The first-order valence-corrected chi connectivity index (χ1v) is 6.85. The fourth-order valence-electron chi connectivity index (χ4n) is 1.86. The van der Waals surface area contributed by atoms with Gasteiger partial charge >= 0.3 is 0 Å². The Kier molecular flexibility index (Phi) is 5.10. The molecule has 0 saturated carbocycles. The maximum absolute atomic E-state index is 11.9. The van der Waals surface area contributed by atoms with E-state index >= 15 is 0 Å².